The Morgan fingerprint density at radius 1 is 1.23 bits per heavy atom. The van der Waals surface area contributed by atoms with Gasteiger partial charge < -0.3 is 10.1 Å². The first-order valence-electron chi connectivity index (χ1n) is 8.15. The smallest absolute Gasteiger partial charge is 0.255 e. The molecule has 0 fully saturated rings. The summed E-state index contributed by atoms with van der Waals surface area (Å²) in [5.41, 5.74) is 3.32. The Morgan fingerprint density at radius 2 is 2.00 bits per heavy atom. The number of halogens is 1. The number of carbonyl (C=O) groups is 1. The molecule has 2 heterocycles. The number of ether oxygens (including phenoxy) is 1. The Morgan fingerprint density at radius 3 is 2.73 bits per heavy atom. The van der Waals surface area contributed by atoms with E-state index in [0.717, 1.165) is 17.0 Å². The maximum Gasteiger partial charge on any atom is 0.255 e. The average molecular weight is 371 g/mol. The number of methoxy groups -OCH3 is 1. The van der Waals surface area contributed by atoms with Gasteiger partial charge in [0.1, 0.15) is 5.75 Å². The number of aromatic nitrogens is 3. The van der Waals surface area contributed by atoms with Gasteiger partial charge in [-0.1, -0.05) is 11.6 Å². The molecule has 0 spiro atoms. The van der Waals surface area contributed by atoms with Crippen LogP contribution in [0.2, 0.25) is 5.02 Å². The molecule has 0 unspecified atom stereocenters. The summed E-state index contributed by atoms with van der Waals surface area (Å²) in [6, 6.07) is 10.8. The molecule has 6 nitrogen and oxygen atoms in total. The van der Waals surface area contributed by atoms with Crippen LogP contribution in [0.25, 0.3) is 11.3 Å². The SMILES string of the molecule is COc1ccc(Cl)cc1C(=O)NCCn1nc(-c2ccncc2)cc1C. The molecule has 0 aliphatic carbocycles. The average Bonchev–Trinajstić information content (AvgIpc) is 3.03. The molecule has 134 valence electrons. The van der Waals surface area contributed by atoms with Gasteiger partial charge in [-0.2, -0.15) is 5.10 Å². The first-order valence-corrected chi connectivity index (χ1v) is 8.53. The Labute approximate surface area is 156 Å². The molecule has 1 amide bonds. The third-order valence-corrected chi connectivity index (χ3v) is 4.21. The molecule has 2 aromatic heterocycles. The van der Waals surface area contributed by atoms with Gasteiger partial charge in [0.25, 0.3) is 5.91 Å². The van der Waals surface area contributed by atoms with Crippen molar-refractivity contribution in [1.82, 2.24) is 20.1 Å². The zero-order valence-electron chi connectivity index (χ0n) is 14.6. The Hall–Kier alpha value is -2.86. The molecule has 0 radical (unpaired) electrons. The lowest BCUT2D eigenvalue weighted by atomic mass is 10.2. The van der Waals surface area contributed by atoms with E-state index in [4.69, 9.17) is 16.3 Å². The molecule has 7 heteroatoms. The third kappa shape index (κ3) is 4.03. The van der Waals surface area contributed by atoms with E-state index in [9.17, 15) is 4.79 Å². The number of carbonyl (C=O) groups excluding carboxylic acids is 1. The zero-order chi connectivity index (χ0) is 18.5. The van der Waals surface area contributed by atoms with E-state index in [1.807, 2.05) is 29.8 Å². The van der Waals surface area contributed by atoms with Gasteiger partial charge in [0.2, 0.25) is 0 Å². The summed E-state index contributed by atoms with van der Waals surface area (Å²) in [4.78, 5) is 16.4. The van der Waals surface area contributed by atoms with Crippen LogP contribution in [0.1, 0.15) is 16.1 Å². The number of amides is 1. The van der Waals surface area contributed by atoms with Crippen LogP contribution in [-0.4, -0.2) is 34.3 Å². The van der Waals surface area contributed by atoms with Crippen LogP contribution in [0.4, 0.5) is 0 Å². The van der Waals surface area contributed by atoms with Crippen molar-refractivity contribution < 1.29 is 9.53 Å². The summed E-state index contributed by atoms with van der Waals surface area (Å²) in [6.45, 7) is 2.98. The van der Waals surface area contributed by atoms with E-state index in [2.05, 4.69) is 15.4 Å². The second-order valence-electron chi connectivity index (χ2n) is 5.73. The van der Waals surface area contributed by atoms with Gasteiger partial charge in [0.15, 0.2) is 0 Å². The second kappa shape index (κ2) is 8.01. The van der Waals surface area contributed by atoms with E-state index in [0.29, 0.717) is 29.4 Å². The van der Waals surface area contributed by atoms with Crippen LogP contribution >= 0.6 is 11.6 Å². The molecule has 0 bridgehead atoms. The molecule has 3 rings (SSSR count). The summed E-state index contributed by atoms with van der Waals surface area (Å²) in [5, 5.41) is 7.95. The number of nitrogens with zero attached hydrogens (tertiary/aromatic N) is 3. The molecule has 3 aromatic rings. The Bertz CT molecular complexity index is 909. The number of benzene rings is 1. The number of hydrogen-bond donors (Lipinski definition) is 1. The topological polar surface area (TPSA) is 69.0 Å². The lowest BCUT2D eigenvalue weighted by Crippen LogP contribution is -2.28. The molecular weight excluding hydrogens is 352 g/mol. The molecule has 0 aliphatic rings. The highest BCUT2D eigenvalue weighted by Gasteiger charge is 2.13. The van der Waals surface area contributed by atoms with Crippen LogP contribution in [0, 0.1) is 6.92 Å². The predicted octanol–water partition coefficient (Wildman–Crippen LogP) is 3.35. The van der Waals surface area contributed by atoms with Gasteiger partial charge in [-0.15, -0.1) is 0 Å². The third-order valence-electron chi connectivity index (χ3n) is 3.97. The number of aryl methyl sites for hydroxylation is 1. The largest absolute Gasteiger partial charge is 0.496 e. The van der Waals surface area contributed by atoms with E-state index in [1.165, 1.54) is 7.11 Å². The molecule has 0 saturated heterocycles. The van der Waals surface area contributed by atoms with Crippen molar-refractivity contribution in [3.8, 4) is 17.0 Å². The maximum absolute atomic E-state index is 12.4. The number of hydrogen-bond acceptors (Lipinski definition) is 4. The van der Waals surface area contributed by atoms with E-state index in [1.54, 1.807) is 30.6 Å². The van der Waals surface area contributed by atoms with Gasteiger partial charge in [0, 0.05) is 35.2 Å². The van der Waals surface area contributed by atoms with E-state index >= 15 is 0 Å². The number of pyridine rings is 1. The Kier molecular flexibility index (Phi) is 5.53. The van der Waals surface area contributed by atoms with Crippen molar-refractivity contribution in [2.45, 2.75) is 13.5 Å². The first-order chi connectivity index (χ1) is 12.6. The molecule has 0 saturated carbocycles. The summed E-state index contributed by atoms with van der Waals surface area (Å²) < 4.78 is 7.08. The fourth-order valence-electron chi connectivity index (χ4n) is 2.63. The summed E-state index contributed by atoms with van der Waals surface area (Å²) in [6.07, 6.45) is 3.48. The van der Waals surface area contributed by atoms with E-state index < -0.39 is 0 Å². The maximum atomic E-state index is 12.4. The summed E-state index contributed by atoms with van der Waals surface area (Å²) >= 11 is 5.98. The van der Waals surface area contributed by atoms with Crippen molar-refractivity contribution in [1.29, 1.82) is 0 Å². The standard InChI is InChI=1S/C19H19ClN4O2/c1-13-11-17(14-5-7-21-8-6-14)23-24(13)10-9-22-19(25)16-12-15(20)3-4-18(16)26-2/h3-8,11-12H,9-10H2,1-2H3,(H,22,25). The monoisotopic (exact) mass is 370 g/mol. The van der Waals surface area contributed by atoms with Crippen LogP contribution < -0.4 is 10.1 Å². The minimum Gasteiger partial charge on any atom is -0.496 e. The van der Waals surface area contributed by atoms with Gasteiger partial charge in [0.05, 0.1) is 24.9 Å². The summed E-state index contributed by atoms with van der Waals surface area (Å²) in [5.74, 6) is 0.255. The van der Waals surface area contributed by atoms with Crippen molar-refractivity contribution in [3.63, 3.8) is 0 Å². The highest BCUT2D eigenvalue weighted by molar-refractivity contribution is 6.31. The van der Waals surface area contributed by atoms with Crippen molar-refractivity contribution in [2.24, 2.45) is 0 Å². The molecule has 1 aromatic carbocycles. The molecule has 0 atom stereocenters. The molecular formula is C19H19ClN4O2. The second-order valence-corrected chi connectivity index (χ2v) is 6.17. The summed E-state index contributed by atoms with van der Waals surface area (Å²) in [7, 11) is 1.52. The molecule has 0 aliphatic heterocycles. The normalized spacial score (nSPS) is 10.6. The quantitative estimate of drug-likeness (QED) is 0.722. The fourth-order valence-corrected chi connectivity index (χ4v) is 2.80. The zero-order valence-corrected chi connectivity index (χ0v) is 15.3. The minimum absolute atomic E-state index is 0.233. The van der Waals surface area contributed by atoms with Crippen LogP contribution in [0.3, 0.4) is 0 Å². The van der Waals surface area contributed by atoms with Gasteiger partial charge >= 0.3 is 0 Å². The number of rotatable bonds is 6. The molecule has 1 N–H and O–H groups in total. The number of nitrogens with one attached hydrogen (secondary N) is 1. The Balaban J connectivity index is 1.64. The highest BCUT2D eigenvalue weighted by atomic mass is 35.5. The lowest BCUT2D eigenvalue weighted by Gasteiger charge is -2.10. The van der Waals surface area contributed by atoms with Crippen LogP contribution in [-0.2, 0) is 6.54 Å². The van der Waals surface area contributed by atoms with Crippen molar-refractivity contribution >= 4 is 17.5 Å². The van der Waals surface area contributed by atoms with Crippen LogP contribution in [0.5, 0.6) is 5.75 Å². The lowest BCUT2D eigenvalue weighted by molar-refractivity contribution is 0.0949. The van der Waals surface area contributed by atoms with E-state index in [-0.39, 0.29) is 5.91 Å². The predicted molar refractivity (Wildman–Crippen MR) is 101 cm³/mol. The van der Waals surface area contributed by atoms with Crippen LogP contribution in [0.15, 0.2) is 48.8 Å². The first kappa shape index (κ1) is 17.9. The van der Waals surface area contributed by atoms with Crippen molar-refractivity contribution in [3.05, 3.63) is 65.1 Å². The van der Waals surface area contributed by atoms with Gasteiger partial charge in [-0.05, 0) is 43.3 Å². The van der Waals surface area contributed by atoms with Gasteiger partial charge in [-0.25, -0.2) is 0 Å². The van der Waals surface area contributed by atoms with Gasteiger partial charge in [-0.3, -0.25) is 14.5 Å². The van der Waals surface area contributed by atoms with Crippen molar-refractivity contribution in [2.75, 3.05) is 13.7 Å². The highest BCUT2D eigenvalue weighted by Crippen LogP contribution is 2.22. The molecule has 26 heavy (non-hydrogen) atoms. The fraction of sp³-hybridized carbons (Fsp3) is 0.211. The minimum atomic E-state index is -0.233.